The minimum atomic E-state index is -4.82. The van der Waals surface area contributed by atoms with E-state index in [1.165, 1.54) is 48.5 Å². The highest BCUT2D eigenvalue weighted by atomic mass is 19.4. The Kier molecular flexibility index (Phi) is 9.28. The van der Waals surface area contributed by atoms with Gasteiger partial charge in [-0.25, -0.2) is 0 Å². The normalized spacial score (nSPS) is 11.6. The fourth-order valence-corrected chi connectivity index (χ4v) is 6.66. The largest absolute Gasteiger partial charge is 0.573 e. The van der Waals surface area contributed by atoms with Gasteiger partial charge in [0.1, 0.15) is 29.2 Å². The van der Waals surface area contributed by atoms with Gasteiger partial charge in [0.15, 0.2) is 0 Å². The summed E-state index contributed by atoms with van der Waals surface area (Å²) < 4.78 is 83.6. The first kappa shape index (κ1) is 36.6. The molecule has 0 unspecified atom stereocenters. The third-order valence-electron chi connectivity index (χ3n) is 9.09. The number of benzene rings is 6. The topological polar surface area (TPSA) is 114 Å². The van der Waals surface area contributed by atoms with Gasteiger partial charge in [0.25, 0.3) is 0 Å². The van der Waals surface area contributed by atoms with Crippen molar-refractivity contribution in [1.29, 1.82) is 21.0 Å². The second-order valence-corrected chi connectivity index (χ2v) is 12.4. The lowest BCUT2D eigenvalue weighted by Crippen LogP contribution is -2.16. The predicted molar refractivity (Wildman–Crippen MR) is 194 cm³/mol. The lowest BCUT2D eigenvalue weighted by Gasteiger charge is -2.12. The van der Waals surface area contributed by atoms with Crippen LogP contribution in [0.2, 0.25) is 0 Å². The molecular formula is C44H20F6N4O2. The van der Waals surface area contributed by atoms with Gasteiger partial charge in [0.2, 0.25) is 0 Å². The molecule has 0 heterocycles. The Hall–Kier alpha value is -7.80. The monoisotopic (exact) mass is 750 g/mol. The summed E-state index contributed by atoms with van der Waals surface area (Å²) in [5, 5.41) is 40.4. The molecule has 0 fully saturated rings. The van der Waals surface area contributed by atoms with Crippen LogP contribution in [0.1, 0.15) is 22.3 Å². The van der Waals surface area contributed by atoms with Crippen molar-refractivity contribution in [2.75, 3.05) is 0 Å². The first-order valence-corrected chi connectivity index (χ1v) is 16.4. The van der Waals surface area contributed by atoms with E-state index >= 15 is 0 Å². The van der Waals surface area contributed by atoms with Crippen molar-refractivity contribution in [2.24, 2.45) is 0 Å². The summed E-state index contributed by atoms with van der Waals surface area (Å²) in [6.45, 7) is 0. The zero-order chi connectivity index (χ0) is 39.8. The van der Waals surface area contributed by atoms with E-state index < -0.39 is 12.7 Å². The van der Waals surface area contributed by atoms with Crippen molar-refractivity contribution in [3.8, 4) is 91.4 Å². The molecular weight excluding hydrogens is 730 g/mol. The molecule has 0 saturated heterocycles. The van der Waals surface area contributed by atoms with Crippen LogP contribution in [0.15, 0.2) is 127 Å². The molecule has 1 aliphatic rings. The second kappa shape index (κ2) is 14.2. The van der Waals surface area contributed by atoms with Crippen molar-refractivity contribution < 1.29 is 35.8 Å². The number of nitrogens with zero attached hydrogens (tertiary/aromatic N) is 4. The van der Waals surface area contributed by atoms with Gasteiger partial charge in [-0.15, -0.1) is 26.3 Å². The molecule has 56 heavy (non-hydrogen) atoms. The quantitative estimate of drug-likeness (QED) is 0.123. The number of fused-ring (bicyclic) bond motifs is 3. The predicted octanol–water partition coefficient (Wildman–Crippen LogP) is 11.7. The first-order chi connectivity index (χ1) is 26.8. The summed E-state index contributed by atoms with van der Waals surface area (Å²) in [7, 11) is 0. The summed E-state index contributed by atoms with van der Waals surface area (Å²) in [6, 6.07) is 40.0. The molecule has 7 rings (SSSR count). The van der Waals surface area contributed by atoms with Crippen LogP contribution < -0.4 is 9.47 Å². The summed E-state index contributed by atoms with van der Waals surface area (Å²) in [5.41, 5.74) is 7.75. The van der Waals surface area contributed by atoms with Gasteiger partial charge in [0, 0.05) is 16.7 Å². The van der Waals surface area contributed by atoms with Crippen LogP contribution in [-0.4, -0.2) is 12.7 Å². The Labute approximate surface area is 315 Å². The van der Waals surface area contributed by atoms with Crippen molar-refractivity contribution in [3.05, 3.63) is 149 Å². The maximum absolute atomic E-state index is 12.6. The molecule has 0 atom stereocenters. The van der Waals surface area contributed by atoms with Crippen LogP contribution >= 0.6 is 0 Å². The number of hydrogen-bond acceptors (Lipinski definition) is 6. The first-order valence-electron chi connectivity index (χ1n) is 16.4. The Morgan fingerprint density at radius 1 is 0.393 bits per heavy atom. The van der Waals surface area contributed by atoms with Gasteiger partial charge in [-0.3, -0.25) is 0 Å². The molecule has 0 radical (unpaired) electrons. The summed E-state index contributed by atoms with van der Waals surface area (Å²) in [5.74, 6) is -0.706. The standard InChI is InChI=1S/C44H20F6N4O2/c45-43(46,47)55-34-13-9-27(10-14-34)25-1-5-29(6-2-25)36-19-38-39-20-37(30-7-3-26(4-8-30)28-11-15-35(16-12-28)56-44(48,49)50)32(22-52)18-41(39)42(33(23-53)24-54)40(38)17-31(36)21-51/h1-20H. The van der Waals surface area contributed by atoms with E-state index in [2.05, 4.69) is 21.6 Å². The average molecular weight is 751 g/mol. The Bertz CT molecular complexity index is 2540. The molecule has 0 aromatic heterocycles. The van der Waals surface area contributed by atoms with Gasteiger partial charge in [-0.2, -0.15) is 21.0 Å². The molecule has 0 amide bonds. The van der Waals surface area contributed by atoms with E-state index in [-0.39, 0.29) is 33.8 Å². The molecule has 0 spiro atoms. The number of nitriles is 4. The van der Waals surface area contributed by atoms with E-state index in [0.717, 1.165) is 0 Å². The number of ether oxygens (including phenoxy) is 2. The molecule has 0 aliphatic heterocycles. The van der Waals surface area contributed by atoms with Crippen LogP contribution in [0, 0.1) is 45.3 Å². The lowest BCUT2D eigenvalue weighted by molar-refractivity contribution is -0.275. The van der Waals surface area contributed by atoms with E-state index in [0.29, 0.717) is 66.8 Å². The number of halogens is 6. The number of allylic oxidation sites excluding steroid dienone is 1. The molecule has 6 nitrogen and oxygen atoms in total. The lowest BCUT2D eigenvalue weighted by atomic mass is 9.91. The zero-order valence-electron chi connectivity index (χ0n) is 28.4. The zero-order valence-corrected chi connectivity index (χ0v) is 28.4. The van der Waals surface area contributed by atoms with Gasteiger partial charge < -0.3 is 9.47 Å². The third kappa shape index (κ3) is 7.24. The van der Waals surface area contributed by atoms with Crippen LogP contribution in [0.4, 0.5) is 26.3 Å². The smallest absolute Gasteiger partial charge is 0.406 e. The molecule has 12 heteroatoms. The van der Waals surface area contributed by atoms with Crippen LogP contribution in [0.5, 0.6) is 11.5 Å². The fraction of sp³-hybridized carbons (Fsp3) is 0.0455. The molecule has 0 saturated carbocycles. The minimum Gasteiger partial charge on any atom is -0.406 e. The Morgan fingerprint density at radius 3 is 0.982 bits per heavy atom. The Morgan fingerprint density at radius 2 is 0.696 bits per heavy atom. The molecule has 270 valence electrons. The van der Waals surface area contributed by atoms with Crippen molar-refractivity contribution in [2.45, 2.75) is 12.7 Å². The maximum Gasteiger partial charge on any atom is 0.573 e. The van der Waals surface area contributed by atoms with Crippen LogP contribution in [0.3, 0.4) is 0 Å². The van der Waals surface area contributed by atoms with Crippen LogP contribution in [-0.2, 0) is 0 Å². The van der Waals surface area contributed by atoms with Gasteiger partial charge >= 0.3 is 12.7 Å². The molecule has 6 aromatic carbocycles. The highest BCUT2D eigenvalue weighted by molar-refractivity contribution is 6.07. The highest BCUT2D eigenvalue weighted by Gasteiger charge is 2.32. The third-order valence-corrected chi connectivity index (χ3v) is 9.09. The molecule has 6 aromatic rings. The number of hydrogen-bond donors (Lipinski definition) is 0. The van der Waals surface area contributed by atoms with E-state index in [9.17, 15) is 47.4 Å². The maximum atomic E-state index is 12.6. The van der Waals surface area contributed by atoms with E-state index in [1.807, 2.05) is 12.1 Å². The van der Waals surface area contributed by atoms with Gasteiger partial charge in [-0.05, 0) is 104 Å². The average Bonchev–Trinajstić information content (AvgIpc) is 3.48. The van der Waals surface area contributed by atoms with Crippen LogP contribution in [0.25, 0.3) is 61.2 Å². The van der Waals surface area contributed by atoms with Crippen molar-refractivity contribution in [3.63, 3.8) is 0 Å². The summed E-state index contributed by atoms with van der Waals surface area (Å²) >= 11 is 0. The fourth-order valence-electron chi connectivity index (χ4n) is 6.66. The minimum absolute atomic E-state index is 0.203. The molecule has 0 N–H and O–H groups in total. The SMILES string of the molecule is N#CC(C#N)=C1c2cc(C#N)c(-c3ccc(-c4ccc(OC(F)(F)F)cc4)cc3)cc2-c2cc(-c3ccc(-c4ccc(OC(F)(F)F)cc4)cc3)c(C#N)cc21. The highest BCUT2D eigenvalue weighted by Crippen LogP contribution is 2.50. The Balaban J connectivity index is 1.28. The summed E-state index contributed by atoms with van der Waals surface area (Å²) in [6.07, 6.45) is -9.63. The van der Waals surface area contributed by atoms with Crippen molar-refractivity contribution >= 4 is 5.57 Å². The number of rotatable bonds is 6. The second-order valence-electron chi connectivity index (χ2n) is 12.4. The van der Waals surface area contributed by atoms with E-state index in [1.54, 1.807) is 72.8 Å². The number of alkyl halides is 6. The van der Waals surface area contributed by atoms with Crippen molar-refractivity contribution in [1.82, 2.24) is 0 Å². The summed E-state index contributed by atoms with van der Waals surface area (Å²) in [4.78, 5) is 0. The molecule has 0 bridgehead atoms. The van der Waals surface area contributed by atoms with E-state index in [4.69, 9.17) is 0 Å². The van der Waals surface area contributed by atoms with Gasteiger partial charge in [0.05, 0.1) is 23.3 Å². The van der Waals surface area contributed by atoms with Gasteiger partial charge in [-0.1, -0.05) is 72.8 Å². The molecule has 1 aliphatic carbocycles.